The van der Waals surface area contributed by atoms with Gasteiger partial charge in [-0.2, -0.15) is 0 Å². The van der Waals surface area contributed by atoms with Crippen LogP contribution in [-0.4, -0.2) is 12.9 Å². The summed E-state index contributed by atoms with van der Waals surface area (Å²) in [5, 5.41) is 0. The van der Waals surface area contributed by atoms with Gasteiger partial charge in [-0.05, 0) is 19.9 Å². The molecule has 1 N–H and O–H groups in total. The molecule has 0 aliphatic carbocycles. The lowest BCUT2D eigenvalue weighted by Gasteiger charge is -1.95. The van der Waals surface area contributed by atoms with Crippen molar-refractivity contribution in [1.29, 1.82) is 0 Å². The van der Waals surface area contributed by atoms with E-state index in [1.165, 1.54) is 0 Å². The third kappa shape index (κ3) is 5.36. The molecular weight excluding hydrogens is 142 g/mol. The van der Waals surface area contributed by atoms with Gasteiger partial charge >= 0.3 is 0 Å². The molecule has 0 amide bonds. The minimum Gasteiger partial charge on any atom is -0.298 e. The highest BCUT2D eigenvalue weighted by molar-refractivity contribution is 5.77. The van der Waals surface area contributed by atoms with Crippen molar-refractivity contribution in [2.24, 2.45) is 0 Å². The van der Waals surface area contributed by atoms with Crippen LogP contribution in [0.1, 0.15) is 13.8 Å². The monoisotopic (exact) mass is 155 g/mol. The molecule has 0 rings (SSSR count). The maximum Gasteiger partial charge on any atom is 0.149 e. The Labute approximate surface area is 66.7 Å². The van der Waals surface area contributed by atoms with Crippen molar-refractivity contribution in [1.82, 2.24) is 5.48 Å². The molecule has 0 aromatic rings. The third-order valence-electron chi connectivity index (χ3n) is 1.04. The smallest absolute Gasteiger partial charge is 0.149 e. The minimum absolute atomic E-state index is 0.594. The first-order chi connectivity index (χ1) is 5.35. The van der Waals surface area contributed by atoms with Crippen LogP contribution in [0.5, 0.6) is 0 Å². The maximum absolute atomic E-state index is 10.2. The van der Waals surface area contributed by atoms with Crippen molar-refractivity contribution < 1.29 is 9.63 Å². The maximum atomic E-state index is 10.2. The van der Waals surface area contributed by atoms with Crippen LogP contribution in [0, 0.1) is 0 Å². The van der Waals surface area contributed by atoms with Crippen molar-refractivity contribution in [3.63, 3.8) is 0 Å². The molecule has 0 atom stereocenters. The van der Waals surface area contributed by atoms with Gasteiger partial charge in [-0.15, -0.1) is 0 Å². The summed E-state index contributed by atoms with van der Waals surface area (Å²) in [5.74, 6) is 0. The number of carbonyl (C=O) groups excluding carboxylic acids is 1. The molecule has 0 saturated carbocycles. The molecule has 0 bridgehead atoms. The molecule has 11 heavy (non-hydrogen) atoms. The summed E-state index contributed by atoms with van der Waals surface area (Å²) in [4.78, 5) is 15.0. The quantitative estimate of drug-likeness (QED) is 0.213. The van der Waals surface area contributed by atoms with Crippen LogP contribution in [0.25, 0.3) is 0 Å². The Kier molecular flexibility index (Phi) is 6.33. The Balaban J connectivity index is 3.63. The van der Waals surface area contributed by atoms with Crippen LogP contribution in [-0.2, 0) is 9.63 Å². The lowest BCUT2D eigenvalue weighted by Crippen LogP contribution is -2.05. The van der Waals surface area contributed by atoms with Gasteiger partial charge < -0.3 is 0 Å². The summed E-state index contributed by atoms with van der Waals surface area (Å²) in [7, 11) is 0. The van der Waals surface area contributed by atoms with Gasteiger partial charge in [-0.3, -0.25) is 15.1 Å². The van der Waals surface area contributed by atoms with Gasteiger partial charge in [0.2, 0.25) is 0 Å². The van der Waals surface area contributed by atoms with Crippen molar-refractivity contribution in [2.45, 2.75) is 13.8 Å². The predicted molar refractivity (Wildman–Crippen MR) is 43.7 cm³/mol. The second kappa shape index (κ2) is 7.02. The summed E-state index contributed by atoms with van der Waals surface area (Å²) < 4.78 is 0. The Hall–Kier alpha value is -1.09. The molecule has 0 saturated heterocycles. The van der Waals surface area contributed by atoms with E-state index >= 15 is 0 Å². The zero-order valence-electron chi connectivity index (χ0n) is 6.83. The molecule has 0 spiro atoms. The largest absolute Gasteiger partial charge is 0.298 e. The summed E-state index contributed by atoms with van der Waals surface area (Å²) >= 11 is 0. The van der Waals surface area contributed by atoms with E-state index in [4.69, 9.17) is 4.84 Å². The summed E-state index contributed by atoms with van der Waals surface area (Å²) in [5.41, 5.74) is 3.18. The molecule has 0 unspecified atom stereocenters. The zero-order valence-corrected chi connectivity index (χ0v) is 6.83. The van der Waals surface area contributed by atoms with Crippen molar-refractivity contribution in [2.75, 3.05) is 6.61 Å². The van der Waals surface area contributed by atoms with Gasteiger partial charge in [0.05, 0.1) is 6.61 Å². The minimum atomic E-state index is 0.594. The average Bonchev–Trinajstić information content (AvgIpc) is 2.05. The van der Waals surface area contributed by atoms with Crippen LogP contribution >= 0.6 is 0 Å². The first-order valence-corrected chi connectivity index (χ1v) is 3.50. The fourth-order valence-corrected chi connectivity index (χ4v) is 0.465. The molecule has 0 heterocycles. The van der Waals surface area contributed by atoms with E-state index in [1.807, 2.05) is 6.92 Å². The fraction of sp³-hybridized carbons (Fsp3) is 0.375. The summed E-state index contributed by atoms with van der Waals surface area (Å²) in [6.45, 7) is 4.27. The molecule has 0 radical (unpaired) electrons. The number of allylic oxidation sites excluding steroid dienone is 3. The van der Waals surface area contributed by atoms with E-state index in [0.29, 0.717) is 12.2 Å². The molecule has 3 nitrogen and oxygen atoms in total. The Morgan fingerprint density at radius 1 is 1.64 bits per heavy atom. The molecule has 0 aromatic heterocycles. The normalized spacial score (nSPS) is 12.0. The highest BCUT2D eigenvalue weighted by Crippen LogP contribution is 1.89. The Morgan fingerprint density at radius 2 is 2.36 bits per heavy atom. The Morgan fingerprint density at radius 3 is 2.82 bits per heavy atom. The second-order valence-electron chi connectivity index (χ2n) is 1.79. The fourth-order valence-electron chi connectivity index (χ4n) is 0.465. The summed E-state index contributed by atoms with van der Waals surface area (Å²) in [6.07, 6.45) is 5.72. The van der Waals surface area contributed by atoms with E-state index in [-0.39, 0.29) is 0 Å². The van der Waals surface area contributed by atoms with Crippen LogP contribution in [0.4, 0.5) is 0 Å². The average molecular weight is 155 g/mol. The number of hydrogen-bond donors (Lipinski definition) is 1. The van der Waals surface area contributed by atoms with E-state index in [1.54, 1.807) is 25.3 Å². The van der Waals surface area contributed by atoms with Gasteiger partial charge in [0, 0.05) is 11.8 Å². The van der Waals surface area contributed by atoms with E-state index in [0.717, 1.165) is 6.29 Å². The number of nitrogens with one attached hydrogen (secondary N) is 1. The number of hydroxylamine groups is 1. The first-order valence-electron chi connectivity index (χ1n) is 3.50. The molecule has 0 aliphatic heterocycles. The van der Waals surface area contributed by atoms with Gasteiger partial charge in [0.1, 0.15) is 6.29 Å². The lowest BCUT2D eigenvalue weighted by atomic mass is 10.3. The summed E-state index contributed by atoms with van der Waals surface area (Å²) in [6, 6.07) is 0. The van der Waals surface area contributed by atoms with Crippen molar-refractivity contribution >= 4 is 6.29 Å². The zero-order chi connectivity index (χ0) is 8.53. The SMILES string of the molecule is C/C=C(C=O)\C=C/NOCC. The van der Waals surface area contributed by atoms with Gasteiger partial charge in [0.15, 0.2) is 0 Å². The number of carbonyl (C=O) groups is 1. The number of aldehydes is 1. The van der Waals surface area contributed by atoms with Gasteiger partial charge in [-0.25, -0.2) is 0 Å². The van der Waals surface area contributed by atoms with Crippen LogP contribution < -0.4 is 5.48 Å². The van der Waals surface area contributed by atoms with Crippen LogP contribution in [0.3, 0.4) is 0 Å². The van der Waals surface area contributed by atoms with Gasteiger partial charge in [0.25, 0.3) is 0 Å². The lowest BCUT2D eigenvalue weighted by molar-refractivity contribution is -0.104. The molecular formula is C8H13NO2. The molecule has 0 aromatic carbocycles. The second-order valence-corrected chi connectivity index (χ2v) is 1.79. The highest BCUT2D eigenvalue weighted by Gasteiger charge is 1.82. The molecule has 62 valence electrons. The predicted octanol–water partition coefficient (Wildman–Crippen LogP) is 1.19. The molecule has 0 aliphatic rings. The molecule has 3 heteroatoms. The van der Waals surface area contributed by atoms with Crippen molar-refractivity contribution in [3.05, 3.63) is 23.9 Å². The number of rotatable bonds is 5. The van der Waals surface area contributed by atoms with Gasteiger partial charge in [-0.1, -0.05) is 6.08 Å². The standard InChI is InChI=1S/C8H13NO2/c1-3-8(7-10)5-6-9-11-4-2/h3,5-7,9H,4H2,1-2H3/b6-5-,8-3+. The Bertz CT molecular complexity index is 161. The number of hydrogen-bond acceptors (Lipinski definition) is 3. The van der Waals surface area contributed by atoms with Crippen molar-refractivity contribution in [3.8, 4) is 0 Å². The first kappa shape index (κ1) is 9.91. The van der Waals surface area contributed by atoms with E-state index in [2.05, 4.69) is 5.48 Å². The highest BCUT2D eigenvalue weighted by atomic mass is 16.6. The van der Waals surface area contributed by atoms with E-state index < -0.39 is 0 Å². The van der Waals surface area contributed by atoms with E-state index in [9.17, 15) is 4.79 Å². The van der Waals surface area contributed by atoms with Crippen LogP contribution in [0.2, 0.25) is 0 Å². The van der Waals surface area contributed by atoms with Crippen LogP contribution in [0.15, 0.2) is 23.9 Å². The molecule has 0 fully saturated rings. The topological polar surface area (TPSA) is 38.3 Å². The third-order valence-corrected chi connectivity index (χ3v) is 1.04.